The molecule has 1 saturated heterocycles. The monoisotopic (exact) mass is 312 g/mol. The highest BCUT2D eigenvalue weighted by Gasteiger charge is 2.39. The fraction of sp³-hybridized carbons (Fsp3) is 0.533. The van der Waals surface area contributed by atoms with Gasteiger partial charge in [0, 0.05) is 19.2 Å². The lowest BCUT2D eigenvalue weighted by molar-refractivity contribution is -0.140. The molecule has 116 valence electrons. The highest BCUT2D eigenvalue weighted by Crippen LogP contribution is 2.29. The van der Waals surface area contributed by atoms with E-state index < -0.39 is 5.60 Å². The first-order valence-corrected chi connectivity index (χ1v) is 7.07. The molecule has 0 atom stereocenters. The molecule has 2 aliphatic rings. The van der Waals surface area contributed by atoms with Crippen molar-refractivity contribution in [3.05, 3.63) is 23.8 Å². The molecule has 0 spiro atoms. The van der Waals surface area contributed by atoms with E-state index in [-0.39, 0.29) is 18.3 Å². The predicted molar refractivity (Wildman–Crippen MR) is 83.4 cm³/mol. The average Bonchev–Trinajstić information content (AvgIpc) is 2.95. The van der Waals surface area contributed by atoms with Gasteiger partial charge in [-0.15, -0.1) is 12.4 Å². The topological polar surface area (TPSA) is 59.6 Å². The molecule has 1 aromatic carbocycles. The Hall–Kier alpha value is -1.30. The van der Waals surface area contributed by atoms with Crippen LogP contribution in [0.5, 0.6) is 5.75 Å². The van der Waals surface area contributed by atoms with Gasteiger partial charge in [0.25, 0.3) is 5.91 Å². The SMILES string of the molecule is COC1(C(=O)Nc2ccc3c(c2)CCO3)CCNCC1.Cl. The van der Waals surface area contributed by atoms with E-state index in [4.69, 9.17) is 9.47 Å². The fourth-order valence-electron chi connectivity index (χ4n) is 2.86. The Morgan fingerprint density at radius 3 is 2.86 bits per heavy atom. The van der Waals surface area contributed by atoms with Gasteiger partial charge in [0.2, 0.25) is 0 Å². The molecule has 21 heavy (non-hydrogen) atoms. The standard InChI is InChI=1S/C15H20N2O3.ClH/c1-19-15(5-7-16-8-6-15)14(18)17-12-2-3-13-11(10-12)4-9-20-13;/h2-3,10,16H,4-9H2,1H3,(H,17,18);1H. The van der Waals surface area contributed by atoms with Crippen LogP contribution in [0.25, 0.3) is 0 Å². The summed E-state index contributed by atoms with van der Waals surface area (Å²) in [6.45, 7) is 2.33. The molecular formula is C15H21ClN2O3. The van der Waals surface area contributed by atoms with Crippen LogP contribution in [0.2, 0.25) is 0 Å². The second-order valence-electron chi connectivity index (χ2n) is 5.32. The van der Waals surface area contributed by atoms with E-state index in [1.165, 1.54) is 0 Å². The van der Waals surface area contributed by atoms with E-state index in [0.29, 0.717) is 12.8 Å². The van der Waals surface area contributed by atoms with Crippen molar-refractivity contribution in [2.24, 2.45) is 0 Å². The zero-order chi connectivity index (χ0) is 14.0. The van der Waals surface area contributed by atoms with Crippen molar-refractivity contribution in [1.82, 2.24) is 5.32 Å². The maximum absolute atomic E-state index is 12.5. The minimum Gasteiger partial charge on any atom is -0.493 e. The second kappa shape index (κ2) is 6.64. The van der Waals surface area contributed by atoms with Crippen LogP contribution in [0.4, 0.5) is 5.69 Å². The third kappa shape index (κ3) is 3.15. The Kier molecular flexibility index (Phi) is 5.08. The molecule has 1 fully saturated rings. The minimum absolute atomic E-state index is 0. The number of carbonyl (C=O) groups is 1. The largest absolute Gasteiger partial charge is 0.493 e. The summed E-state index contributed by atoms with van der Waals surface area (Å²) in [5.74, 6) is 0.867. The van der Waals surface area contributed by atoms with Gasteiger partial charge in [-0.25, -0.2) is 0 Å². The highest BCUT2D eigenvalue weighted by atomic mass is 35.5. The normalized spacial score (nSPS) is 19.1. The number of fused-ring (bicyclic) bond motifs is 1. The first kappa shape index (κ1) is 16.1. The molecule has 1 amide bonds. The number of rotatable bonds is 3. The summed E-state index contributed by atoms with van der Waals surface area (Å²) in [5, 5.41) is 6.24. The molecule has 6 heteroatoms. The number of anilines is 1. The number of amides is 1. The van der Waals surface area contributed by atoms with Crippen molar-refractivity contribution in [1.29, 1.82) is 0 Å². The molecule has 1 aromatic rings. The molecule has 5 nitrogen and oxygen atoms in total. The smallest absolute Gasteiger partial charge is 0.256 e. The van der Waals surface area contributed by atoms with E-state index in [2.05, 4.69) is 10.6 Å². The number of hydrogen-bond donors (Lipinski definition) is 2. The number of carbonyl (C=O) groups excluding carboxylic acids is 1. The summed E-state index contributed by atoms with van der Waals surface area (Å²) in [7, 11) is 1.61. The molecule has 0 bridgehead atoms. The second-order valence-corrected chi connectivity index (χ2v) is 5.32. The summed E-state index contributed by atoms with van der Waals surface area (Å²) in [5.41, 5.74) is 1.26. The molecule has 2 aliphatic heterocycles. The molecule has 2 heterocycles. The van der Waals surface area contributed by atoms with Crippen molar-refractivity contribution in [3.8, 4) is 5.75 Å². The lowest BCUT2D eigenvalue weighted by Gasteiger charge is -2.34. The van der Waals surface area contributed by atoms with Crippen LogP contribution in [0.15, 0.2) is 18.2 Å². The molecule has 3 rings (SSSR count). The van der Waals surface area contributed by atoms with Crippen molar-refractivity contribution in [2.75, 3.05) is 32.1 Å². The van der Waals surface area contributed by atoms with Crippen LogP contribution in [0.3, 0.4) is 0 Å². The number of methoxy groups -OCH3 is 1. The van der Waals surface area contributed by atoms with E-state index in [9.17, 15) is 4.79 Å². The maximum Gasteiger partial charge on any atom is 0.256 e. The van der Waals surface area contributed by atoms with Crippen molar-refractivity contribution >= 4 is 24.0 Å². The summed E-state index contributed by atoms with van der Waals surface area (Å²) < 4.78 is 11.0. The van der Waals surface area contributed by atoms with Crippen LogP contribution >= 0.6 is 12.4 Å². The maximum atomic E-state index is 12.5. The fourth-order valence-corrected chi connectivity index (χ4v) is 2.86. The number of ether oxygens (including phenoxy) is 2. The van der Waals surface area contributed by atoms with Crippen LogP contribution in [0.1, 0.15) is 18.4 Å². The lowest BCUT2D eigenvalue weighted by atomic mass is 9.91. The molecule has 0 saturated carbocycles. The molecule has 0 aliphatic carbocycles. The number of piperidine rings is 1. The van der Waals surface area contributed by atoms with Gasteiger partial charge in [0.1, 0.15) is 11.4 Å². The number of halogens is 1. The van der Waals surface area contributed by atoms with Crippen molar-refractivity contribution in [3.63, 3.8) is 0 Å². The van der Waals surface area contributed by atoms with E-state index in [0.717, 1.165) is 43.1 Å². The summed E-state index contributed by atoms with van der Waals surface area (Å²) in [6.07, 6.45) is 2.30. The zero-order valence-corrected chi connectivity index (χ0v) is 12.9. The van der Waals surface area contributed by atoms with Crippen LogP contribution in [0, 0.1) is 0 Å². The Bertz CT molecular complexity index is 516. The van der Waals surface area contributed by atoms with Gasteiger partial charge < -0.3 is 20.1 Å². The Morgan fingerprint density at radius 2 is 2.14 bits per heavy atom. The molecule has 0 aromatic heterocycles. The summed E-state index contributed by atoms with van der Waals surface area (Å²) >= 11 is 0. The molecule has 0 unspecified atom stereocenters. The van der Waals surface area contributed by atoms with Crippen LogP contribution in [-0.4, -0.2) is 38.3 Å². The Labute approximate surface area is 130 Å². The predicted octanol–water partition coefficient (Wildman–Crippen LogP) is 1.75. The Balaban J connectivity index is 0.00000161. The van der Waals surface area contributed by atoms with Gasteiger partial charge in [-0.3, -0.25) is 4.79 Å². The molecule has 0 radical (unpaired) electrons. The molecular weight excluding hydrogens is 292 g/mol. The number of hydrogen-bond acceptors (Lipinski definition) is 4. The summed E-state index contributed by atoms with van der Waals surface area (Å²) in [4.78, 5) is 12.5. The number of nitrogens with one attached hydrogen (secondary N) is 2. The van der Waals surface area contributed by atoms with Gasteiger partial charge in [-0.05, 0) is 49.7 Å². The van der Waals surface area contributed by atoms with Crippen molar-refractivity contribution < 1.29 is 14.3 Å². The van der Waals surface area contributed by atoms with E-state index in [1.54, 1.807) is 7.11 Å². The van der Waals surface area contributed by atoms with Crippen LogP contribution in [-0.2, 0) is 16.0 Å². The zero-order valence-electron chi connectivity index (χ0n) is 12.1. The number of benzene rings is 1. The van der Waals surface area contributed by atoms with Gasteiger partial charge in [0.05, 0.1) is 6.61 Å². The van der Waals surface area contributed by atoms with E-state index >= 15 is 0 Å². The van der Waals surface area contributed by atoms with E-state index in [1.807, 2.05) is 18.2 Å². The average molecular weight is 313 g/mol. The minimum atomic E-state index is -0.708. The first-order valence-electron chi connectivity index (χ1n) is 7.07. The van der Waals surface area contributed by atoms with Gasteiger partial charge in [-0.1, -0.05) is 0 Å². The Morgan fingerprint density at radius 1 is 1.38 bits per heavy atom. The van der Waals surface area contributed by atoms with Crippen LogP contribution < -0.4 is 15.4 Å². The first-order chi connectivity index (χ1) is 9.73. The lowest BCUT2D eigenvalue weighted by Crippen LogP contribution is -2.51. The van der Waals surface area contributed by atoms with Crippen molar-refractivity contribution in [2.45, 2.75) is 24.9 Å². The van der Waals surface area contributed by atoms with Gasteiger partial charge >= 0.3 is 0 Å². The third-order valence-electron chi connectivity index (χ3n) is 4.16. The van der Waals surface area contributed by atoms with Gasteiger partial charge in [0.15, 0.2) is 0 Å². The van der Waals surface area contributed by atoms with Gasteiger partial charge in [-0.2, -0.15) is 0 Å². The highest BCUT2D eigenvalue weighted by molar-refractivity contribution is 5.97. The quantitative estimate of drug-likeness (QED) is 0.893. The third-order valence-corrected chi connectivity index (χ3v) is 4.16. The summed E-state index contributed by atoms with van der Waals surface area (Å²) in [6, 6.07) is 5.79. The molecule has 2 N–H and O–H groups in total.